The van der Waals surface area contributed by atoms with Crippen molar-refractivity contribution in [2.24, 2.45) is 16.5 Å². The molecular formula is C29H37N9O. The molecule has 1 saturated heterocycles. The molecule has 3 heterocycles. The summed E-state index contributed by atoms with van der Waals surface area (Å²) in [6.45, 7) is 7.45. The summed E-state index contributed by atoms with van der Waals surface area (Å²) in [6, 6.07) is 16.6. The summed E-state index contributed by atoms with van der Waals surface area (Å²) in [5.41, 5.74) is 16.3. The second-order valence-electron chi connectivity index (χ2n) is 9.96. The van der Waals surface area contributed by atoms with Crippen molar-refractivity contribution >= 4 is 11.7 Å². The first-order valence-corrected chi connectivity index (χ1v) is 13.5. The van der Waals surface area contributed by atoms with Crippen LogP contribution in [0.1, 0.15) is 24.0 Å². The summed E-state index contributed by atoms with van der Waals surface area (Å²) in [7, 11) is 0. The van der Waals surface area contributed by atoms with Crippen molar-refractivity contribution in [3.8, 4) is 22.4 Å². The van der Waals surface area contributed by atoms with Crippen LogP contribution in [0.2, 0.25) is 0 Å². The van der Waals surface area contributed by atoms with Crippen LogP contribution in [0.4, 0.5) is 0 Å². The van der Waals surface area contributed by atoms with Gasteiger partial charge in [-0.15, -0.1) is 0 Å². The number of rotatable bonds is 10. The number of nitrogens with one attached hydrogen (secondary N) is 3. The van der Waals surface area contributed by atoms with E-state index in [1.54, 1.807) is 0 Å². The van der Waals surface area contributed by atoms with E-state index in [0.717, 1.165) is 74.6 Å². The molecule has 1 aliphatic rings. The monoisotopic (exact) mass is 527 g/mol. The number of hydrogen-bond donors (Lipinski definition) is 5. The summed E-state index contributed by atoms with van der Waals surface area (Å²) in [6.07, 6.45) is 5.86. The molecule has 0 bridgehead atoms. The van der Waals surface area contributed by atoms with E-state index in [-0.39, 0.29) is 11.5 Å². The number of nitrogens with two attached hydrogens (primary N) is 2. The summed E-state index contributed by atoms with van der Waals surface area (Å²) < 4.78 is 1.89. The van der Waals surface area contributed by atoms with Crippen molar-refractivity contribution < 1.29 is 0 Å². The zero-order valence-corrected chi connectivity index (χ0v) is 22.2. The zero-order valence-electron chi connectivity index (χ0n) is 22.2. The van der Waals surface area contributed by atoms with Crippen molar-refractivity contribution in [3.63, 3.8) is 0 Å². The number of aliphatic imine (C=N–C) groups is 1. The lowest BCUT2D eigenvalue weighted by molar-refractivity contribution is 0.284. The number of fused-ring (bicyclic) bond motifs is 1. The highest BCUT2D eigenvalue weighted by atomic mass is 16.1. The van der Waals surface area contributed by atoms with Crippen LogP contribution in [-0.4, -0.2) is 64.5 Å². The molecule has 10 nitrogen and oxygen atoms in total. The van der Waals surface area contributed by atoms with Gasteiger partial charge in [-0.3, -0.25) is 24.1 Å². The van der Waals surface area contributed by atoms with E-state index >= 15 is 0 Å². The second kappa shape index (κ2) is 12.7. The third-order valence-corrected chi connectivity index (χ3v) is 6.96. The van der Waals surface area contributed by atoms with E-state index in [1.807, 2.05) is 41.1 Å². The van der Waals surface area contributed by atoms with Crippen LogP contribution in [0.3, 0.4) is 0 Å². The maximum atomic E-state index is 12.9. The smallest absolute Gasteiger partial charge is 0.260 e. The minimum atomic E-state index is -0.160. The first-order valence-electron chi connectivity index (χ1n) is 13.5. The lowest BCUT2D eigenvalue weighted by Crippen LogP contribution is -2.27. The Bertz CT molecular complexity index is 1440. The molecule has 0 atom stereocenters. The van der Waals surface area contributed by atoms with E-state index in [0.29, 0.717) is 17.9 Å². The van der Waals surface area contributed by atoms with Crippen LogP contribution in [0.15, 0.2) is 70.7 Å². The molecule has 0 saturated carbocycles. The SMILES string of the molecule is NC(N)=NCCCNCc1ccc(-c2cn3cc(-c4ccc(CN5CCCNCC5)cc4)nc3[nH]c2=O)cc1. The highest BCUT2D eigenvalue weighted by Gasteiger charge is 2.12. The zero-order chi connectivity index (χ0) is 27.0. The molecule has 4 aromatic rings. The lowest BCUT2D eigenvalue weighted by atomic mass is 10.1. The van der Waals surface area contributed by atoms with Crippen molar-refractivity contribution in [3.05, 3.63) is 82.4 Å². The van der Waals surface area contributed by atoms with E-state index in [1.165, 1.54) is 12.0 Å². The van der Waals surface area contributed by atoms with Crippen LogP contribution >= 0.6 is 0 Å². The average molecular weight is 528 g/mol. The standard InChI is InChI=1S/C29H37N9O/c30-28(31)34-13-1-11-33-17-21-3-7-23(8-4-21)25-19-38-20-26(35-29(38)36-27(25)39)24-9-5-22(6-10-24)18-37-15-2-12-32-14-16-37/h3-10,19-20,32-33H,1-2,11-18H2,(H4,30,31,34)(H,35,36,39). The predicted molar refractivity (Wildman–Crippen MR) is 156 cm³/mol. The minimum Gasteiger partial charge on any atom is -0.370 e. The van der Waals surface area contributed by atoms with Gasteiger partial charge in [-0.05, 0) is 49.2 Å². The molecule has 0 unspecified atom stereocenters. The minimum absolute atomic E-state index is 0.122. The van der Waals surface area contributed by atoms with Crippen molar-refractivity contribution in [2.75, 3.05) is 39.3 Å². The first-order chi connectivity index (χ1) is 19.0. The Morgan fingerprint density at radius 1 is 0.974 bits per heavy atom. The van der Waals surface area contributed by atoms with E-state index in [2.05, 4.69) is 54.8 Å². The van der Waals surface area contributed by atoms with Gasteiger partial charge in [0.2, 0.25) is 5.78 Å². The molecule has 0 aliphatic carbocycles. The van der Waals surface area contributed by atoms with Gasteiger partial charge in [0, 0.05) is 50.7 Å². The molecule has 10 heteroatoms. The molecule has 7 N–H and O–H groups in total. The number of H-pyrrole nitrogens is 1. The molecule has 5 rings (SSSR count). The largest absolute Gasteiger partial charge is 0.370 e. The highest BCUT2D eigenvalue weighted by Crippen LogP contribution is 2.22. The van der Waals surface area contributed by atoms with Crippen LogP contribution in [-0.2, 0) is 13.1 Å². The fraction of sp³-hybridized carbons (Fsp3) is 0.345. The Morgan fingerprint density at radius 3 is 2.54 bits per heavy atom. The van der Waals surface area contributed by atoms with E-state index in [9.17, 15) is 4.79 Å². The first kappa shape index (κ1) is 26.6. The second-order valence-corrected chi connectivity index (χ2v) is 9.96. The van der Waals surface area contributed by atoms with Gasteiger partial charge in [0.1, 0.15) is 0 Å². The van der Waals surface area contributed by atoms with E-state index in [4.69, 9.17) is 11.5 Å². The summed E-state index contributed by atoms with van der Waals surface area (Å²) >= 11 is 0. The maximum Gasteiger partial charge on any atom is 0.260 e. The molecule has 2 aromatic carbocycles. The molecule has 39 heavy (non-hydrogen) atoms. The fourth-order valence-electron chi connectivity index (χ4n) is 4.84. The Labute approximate surface area is 228 Å². The van der Waals surface area contributed by atoms with Gasteiger partial charge in [0.15, 0.2) is 5.96 Å². The Hall–Kier alpha value is -3.99. The van der Waals surface area contributed by atoms with Gasteiger partial charge in [-0.2, -0.15) is 0 Å². The van der Waals surface area contributed by atoms with Gasteiger partial charge >= 0.3 is 0 Å². The predicted octanol–water partition coefficient (Wildman–Crippen LogP) is 1.91. The van der Waals surface area contributed by atoms with Gasteiger partial charge < -0.3 is 22.1 Å². The third kappa shape index (κ3) is 7.11. The third-order valence-electron chi connectivity index (χ3n) is 6.96. The van der Waals surface area contributed by atoms with Crippen molar-refractivity contribution in [1.82, 2.24) is 29.9 Å². The van der Waals surface area contributed by atoms with Gasteiger partial charge in [0.05, 0.1) is 11.3 Å². The van der Waals surface area contributed by atoms with Crippen LogP contribution in [0.5, 0.6) is 0 Å². The summed E-state index contributed by atoms with van der Waals surface area (Å²) in [4.78, 5) is 27.0. The normalized spacial score (nSPS) is 14.4. The Kier molecular flexibility index (Phi) is 8.67. The molecule has 1 fully saturated rings. The number of nitrogens with zero attached hydrogens (tertiary/aromatic N) is 4. The van der Waals surface area contributed by atoms with Gasteiger partial charge in [-0.1, -0.05) is 48.5 Å². The highest BCUT2D eigenvalue weighted by molar-refractivity contribution is 5.75. The summed E-state index contributed by atoms with van der Waals surface area (Å²) in [5.74, 6) is 0.651. The Morgan fingerprint density at radius 2 is 1.74 bits per heavy atom. The lowest BCUT2D eigenvalue weighted by Gasteiger charge is -2.19. The number of aromatic amines is 1. The topological polar surface area (TPSA) is 142 Å². The maximum absolute atomic E-state index is 12.9. The number of guanidine groups is 1. The van der Waals surface area contributed by atoms with Gasteiger partial charge in [0.25, 0.3) is 5.56 Å². The molecule has 1 aliphatic heterocycles. The van der Waals surface area contributed by atoms with Crippen molar-refractivity contribution in [1.29, 1.82) is 0 Å². The number of aromatic nitrogens is 3. The molecule has 0 radical (unpaired) electrons. The number of hydrogen-bond acceptors (Lipinski definition) is 6. The fourth-order valence-corrected chi connectivity index (χ4v) is 4.84. The van der Waals surface area contributed by atoms with E-state index < -0.39 is 0 Å². The number of imidazole rings is 1. The average Bonchev–Trinajstić information content (AvgIpc) is 3.17. The Balaban J connectivity index is 1.24. The van der Waals surface area contributed by atoms with Crippen LogP contribution in [0, 0.1) is 0 Å². The molecular weight excluding hydrogens is 490 g/mol. The number of benzene rings is 2. The summed E-state index contributed by atoms with van der Waals surface area (Å²) in [5, 5.41) is 6.83. The van der Waals surface area contributed by atoms with Gasteiger partial charge in [-0.25, -0.2) is 4.98 Å². The molecule has 2 aromatic heterocycles. The molecule has 0 amide bonds. The molecule has 204 valence electrons. The molecule has 0 spiro atoms. The van der Waals surface area contributed by atoms with Crippen molar-refractivity contribution in [2.45, 2.75) is 25.9 Å². The van der Waals surface area contributed by atoms with Crippen LogP contribution < -0.4 is 27.7 Å². The van der Waals surface area contributed by atoms with Crippen LogP contribution in [0.25, 0.3) is 28.2 Å². The quantitative estimate of drug-likeness (QED) is 0.120.